The van der Waals surface area contributed by atoms with E-state index in [0.29, 0.717) is 11.6 Å². The molecule has 2 aromatic heterocycles. The third-order valence-electron chi connectivity index (χ3n) is 3.23. The Hall–Kier alpha value is -2.27. The summed E-state index contributed by atoms with van der Waals surface area (Å²) in [4.78, 5) is 14.5. The number of nitrogens with zero attached hydrogens (tertiary/aromatic N) is 3. The van der Waals surface area contributed by atoms with Gasteiger partial charge in [0.25, 0.3) is 0 Å². The van der Waals surface area contributed by atoms with Crippen molar-refractivity contribution >= 4 is 17.2 Å². The zero-order valence-corrected chi connectivity index (χ0v) is 12.8. The molecule has 0 fully saturated rings. The minimum Gasteiger partial charge on any atom is -0.383 e. The van der Waals surface area contributed by atoms with E-state index in [2.05, 4.69) is 29.0 Å². The van der Waals surface area contributed by atoms with Gasteiger partial charge in [0.05, 0.1) is 11.3 Å². The van der Waals surface area contributed by atoms with Gasteiger partial charge in [0, 0.05) is 16.6 Å². The number of nitrogen functional groups attached to an aromatic ring is 1. The average molecular weight is 296 g/mol. The van der Waals surface area contributed by atoms with Crippen molar-refractivity contribution in [3.8, 4) is 21.8 Å². The molecule has 0 unspecified atom stereocenters. The maximum absolute atomic E-state index is 6.01. The van der Waals surface area contributed by atoms with Crippen LogP contribution >= 0.6 is 11.3 Å². The lowest BCUT2D eigenvalue weighted by molar-refractivity contribution is 1.06. The summed E-state index contributed by atoms with van der Waals surface area (Å²) < 4.78 is 0. The Morgan fingerprint density at radius 3 is 2.57 bits per heavy atom. The third-order valence-corrected chi connectivity index (χ3v) is 4.47. The van der Waals surface area contributed by atoms with E-state index in [1.165, 1.54) is 4.88 Å². The van der Waals surface area contributed by atoms with Gasteiger partial charge in [-0.2, -0.15) is 0 Å². The molecule has 1 aromatic carbocycles. The molecule has 0 aliphatic heterocycles. The number of thiazole rings is 1. The van der Waals surface area contributed by atoms with Crippen LogP contribution in [0.5, 0.6) is 0 Å². The summed E-state index contributed by atoms with van der Waals surface area (Å²) in [5, 5.41) is 0.878. The zero-order valence-electron chi connectivity index (χ0n) is 12.0. The van der Waals surface area contributed by atoms with Crippen molar-refractivity contribution in [1.82, 2.24) is 15.0 Å². The van der Waals surface area contributed by atoms with Gasteiger partial charge in [-0.05, 0) is 13.3 Å². The van der Waals surface area contributed by atoms with E-state index in [1.54, 1.807) is 17.5 Å². The van der Waals surface area contributed by atoms with Gasteiger partial charge in [0.1, 0.15) is 16.6 Å². The van der Waals surface area contributed by atoms with Gasteiger partial charge in [0.2, 0.25) is 0 Å². The van der Waals surface area contributed by atoms with Crippen LogP contribution in [0.15, 0.2) is 36.5 Å². The van der Waals surface area contributed by atoms with Crippen molar-refractivity contribution in [1.29, 1.82) is 0 Å². The van der Waals surface area contributed by atoms with Crippen LogP contribution < -0.4 is 5.73 Å². The number of hydrogen-bond acceptors (Lipinski definition) is 5. The summed E-state index contributed by atoms with van der Waals surface area (Å²) in [7, 11) is 0. The molecule has 2 heterocycles. The second-order valence-corrected chi connectivity index (χ2v) is 5.81. The van der Waals surface area contributed by atoms with Gasteiger partial charge in [-0.3, -0.25) is 0 Å². The van der Waals surface area contributed by atoms with Crippen LogP contribution in [-0.2, 0) is 6.42 Å². The predicted molar refractivity (Wildman–Crippen MR) is 87.1 cm³/mol. The SMILES string of the molecule is CCc1sc(-c2cnc(C)nc2N)nc1-c1ccccc1. The number of anilines is 1. The van der Waals surface area contributed by atoms with E-state index < -0.39 is 0 Å². The molecule has 3 aromatic rings. The molecule has 0 aliphatic rings. The van der Waals surface area contributed by atoms with Crippen LogP contribution in [0.25, 0.3) is 21.8 Å². The summed E-state index contributed by atoms with van der Waals surface area (Å²) in [6.07, 6.45) is 2.69. The lowest BCUT2D eigenvalue weighted by atomic mass is 10.1. The standard InChI is InChI=1S/C16H16N4S/c1-3-13-14(11-7-5-4-6-8-11)20-16(21-13)12-9-18-10(2)19-15(12)17/h4-9H,3H2,1-2H3,(H2,17,18,19). The fourth-order valence-electron chi connectivity index (χ4n) is 2.18. The molecule has 0 spiro atoms. The van der Waals surface area contributed by atoms with Crippen molar-refractivity contribution in [3.63, 3.8) is 0 Å². The van der Waals surface area contributed by atoms with Crippen LogP contribution in [0, 0.1) is 6.92 Å². The van der Waals surface area contributed by atoms with Crippen LogP contribution in [0.1, 0.15) is 17.6 Å². The molecule has 0 aliphatic carbocycles. The van der Waals surface area contributed by atoms with Crippen molar-refractivity contribution in [3.05, 3.63) is 47.2 Å². The number of nitrogens with two attached hydrogens (primary N) is 1. The van der Waals surface area contributed by atoms with Crippen LogP contribution in [-0.4, -0.2) is 15.0 Å². The fraction of sp³-hybridized carbons (Fsp3) is 0.188. The lowest BCUT2D eigenvalue weighted by Crippen LogP contribution is -1.98. The van der Waals surface area contributed by atoms with Gasteiger partial charge in [0.15, 0.2) is 0 Å². The van der Waals surface area contributed by atoms with E-state index in [9.17, 15) is 0 Å². The highest BCUT2D eigenvalue weighted by molar-refractivity contribution is 7.15. The Morgan fingerprint density at radius 2 is 1.90 bits per heavy atom. The third kappa shape index (κ3) is 2.64. The summed E-state index contributed by atoms with van der Waals surface area (Å²) in [6, 6.07) is 10.2. The lowest BCUT2D eigenvalue weighted by Gasteiger charge is -2.01. The van der Waals surface area contributed by atoms with Crippen LogP contribution in [0.2, 0.25) is 0 Å². The van der Waals surface area contributed by atoms with E-state index in [1.807, 2.05) is 25.1 Å². The van der Waals surface area contributed by atoms with Gasteiger partial charge < -0.3 is 5.73 Å². The Balaban J connectivity index is 2.12. The van der Waals surface area contributed by atoms with E-state index in [-0.39, 0.29) is 0 Å². The monoisotopic (exact) mass is 296 g/mol. The predicted octanol–water partition coefficient (Wildman–Crippen LogP) is 3.72. The Morgan fingerprint density at radius 1 is 1.14 bits per heavy atom. The number of rotatable bonds is 3. The summed E-state index contributed by atoms with van der Waals surface area (Å²) in [5.74, 6) is 1.16. The van der Waals surface area contributed by atoms with E-state index in [4.69, 9.17) is 10.7 Å². The molecular weight excluding hydrogens is 280 g/mol. The van der Waals surface area contributed by atoms with Crippen LogP contribution in [0.4, 0.5) is 5.82 Å². The van der Waals surface area contributed by atoms with Crippen LogP contribution in [0.3, 0.4) is 0 Å². The van der Waals surface area contributed by atoms with E-state index >= 15 is 0 Å². The summed E-state index contributed by atoms with van der Waals surface area (Å²) >= 11 is 1.66. The Labute approximate surface area is 127 Å². The molecule has 2 N–H and O–H groups in total. The molecule has 0 saturated heterocycles. The normalized spacial score (nSPS) is 10.8. The topological polar surface area (TPSA) is 64.7 Å². The van der Waals surface area contributed by atoms with Crippen molar-refractivity contribution in [2.24, 2.45) is 0 Å². The fourth-order valence-corrected chi connectivity index (χ4v) is 3.22. The molecule has 106 valence electrons. The Kier molecular flexibility index (Phi) is 3.66. The highest BCUT2D eigenvalue weighted by atomic mass is 32.1. The first-order valence-electron chi connectivity index (χ1n) is 6.83. The van der Waals surface area contributed by atoms with Crippen molar-refractivity contribution in [2.75, 3.05) is 5.73 Å². The molecule has 21 heavy (non-hydrogen) atoms. The second kappa shape index (κ2) is 5.61. The minimum atomic E-state index is 0.485. The highest BCUT2D eigenvalue weighted by Crippen LogP contribution is 2.35. The Bertz CT molecular complexity index is 765. The minimum absolute atomic E-state index is 0.485. The van der Waals surface area contributed by atoms with Gasteiger partial charge >= 0.3 is 0 Å². The molecule has 0 radical (unpaired) electrons. The number of aromatic nitrogens is 3. The quantitative estimate of drug-likeness (QED) is 0.800. The molecule has 3 rings (SSSR count). The first-order valence-corrected chi connectivity index (χ1v) is 7.65. The molecule has 0 bridgehead atoms. The van der Waals surface area contributed by atoms with Gasteiger partial charge in [-0.1, -0.05) is 37.3 Å². The van der Waals surface area contributed by atoms with Gasteiger partial charge in [-0.15, -0.1) is 11.3 Å². The molecule has 5 heteroatoms. The molecular formula is C16H16N4S. The maximum atomic E-state index is 6.01. The average Bonchev–Trinajstić information content (AvgIpc) is 2.92. The largest absolute Gasteiger partial charge is 0.383 e. The molecule has 0 atom stereocenters. The molecule has 0 amide bonds. The maximum Gasteiger partial charge on any atom is 0.137 e. The number of hydrogen-bond donors (Lipinski definition) is 1. The second-order valence-electron chi connectivity index (χ2n) is 4.73. The molecule has 0 saturated carbocycles. The first kappa shape index (κ1) is 13.7. The summed E-state index contributed by atoms with van der Waals surface area (Å²) in [5.41, 5.74) is 8.97. The van der Waals surface area contributed by atoms with Crippen molar-refractivity contribution in [2.45, 2.75) is 20.3 Å². The first-order chi connectivity index (χ1) is 10.2. The number of aryl methyl sites for hydroxylation is 2. The molecule has 4 nitrogen and oxygen atoms in total. The highest BCUT2D eigenvalue weighted by Gasteiger charge is 2.15. The number of benzene rings is 1. The van der Waals surface area contributed by atoms with E-state index in [0.717, 1.165) is 28.2 Å². The summed E-state index contributed by atoms with van der Waals surface area (Å²) in [6.45, 7) is 3.97. The van der Waals surface area contributed by atoms with Crippen molar-refractivity contribution < 1.29 is 0 Å². The zero-order chi connectivity index (χ0) is 14.8. The van der Waals surface area contributed by atoms with Gasteiger partial charge in [-0.25, -0.2) is 15.0 Å². The smallest absolute Gasteiger partial charge is 0.137 e.